The summed E-state index contributed by atoms with van der Waals surface area (Å²) in [5.74, 6) is -0.973. The molecule has 146 valence electrons. The minimum atomic E-state index is -2.93. The largest absolute Gasteiger partial charge is 0.454 e. The van der Waals surface area contributed by atoms with E-state index in [1.807, 2.05) is 16.8 Å². The van der Waals surface area contributed by atoms with Gasteiger partial charge in [-0.15, -0.1) is 10.2 Å². The fourth-order valence-electron chi connectivity index (χ4n) is 2.04. The Labute approximate surface area is 160 Å². The number of hydrogen-bond donors (Lipinski definition) is 1. The Kier molecular flexibility index (Phi) is 6.22. The lowest BCUT2D eigenvalue weighted by Gasteiger charge is -2.08. The first-order chi connectivity index (χ1) is 13.5. The van der Waals surface area contributed by atoms with Crippen molar-refractivity contribution in [1.82, 2.24) is 20.2 Å². The number of rotatable bonds is 8. The van der Waals surface area contributed by atoms with Crippen molar-refractivity contribution < 1.29 is 27.8 Å². The van der Waals surface area contributed by atoms with Gasteiger partial charge in [-0.2, -0.15) is 24.9 Å². The number of tetrazole rings is 1. The Hall–Kier alpha value is -3.41. The molecule has 1 aromatic carbocycles. The number of amides is 1. The van der Waals surface area contributed by atoms with Crippen LogP contribution >= 0.6 is 11.3 Å². The van der Waals surface area contributed by atoms with Crippen LogP contribution in [0.1, 0.15) is 0 Å². The van der Waals surface area contributed by atoms with E-state index in [1.54, 1.807) is 0 Å². The summed E-state index contributed by atoms with van der Waals surface area (Å²) in [5, 5.41) is 17.8. The third-order valence-electron chi connectivity index (χ3n) is 3.23. The van der Waals surface area contributed by atoms with E-state index in [9.17, 15) is 18.4 Å². The zero-order valence-corrected chi connectivity index (χ0v) is 14.9. The number of nitrogens with one attached hydrogen (secondary N) is 1. The number of aromatic nitrogens is 4. The number of anilines is 1. The summed E-state index contributed by atoms with van der Waals surface area (Å²) in [6.45, 7) is -3.76. The zero-order valence-electron chi connectivity index (χ0n) is 14.1. The maximum Gasteiger partial charge on any atom is 0.387 e. The van der Waals surface area contributed by atoms with E-state index < -0.39 is 25.1 Å². The molecule has 0 aliphatic rings. The predicted molar refractivity (Wildman–Crippen MR) is 93.8 cm³/mol. The molecule has 2 aromatic heterocycles. The van der Waals surface area contributed by atoms with Crippen LogP contribution in [0.25, 0.3) is 11.4 Å². The molecule has 1 amide bonds. The lowest BCUT2D eigenvalue weighted by Crippen LogP contribution is -2.23. The summed E-state index contributed by atoms with van der Waals surface area (Å²) >= 11 is 1.48. The Balaban J connectivity index is 1.43. The van der Waals surface area contributed by atoms with Crippen molar-refractivity contribution in [1.29, 1.82) is 0 Å². The zero-order chi connectivity index (χ0) is 19.9. The van der Waals surface area contributed by atoms with Crippen LogP contribution in [-0.4, -0.2) is 45.3 Å². The van der Waals surface area contributed by atoms with Crippen molar-refractivity contribution in [3.8, 4) is 17.1 Å². The minimum Gasteiger partial charge on any atom is -0.454 e. The first kappa shape index (κ1) is 19.4. The van der Waals surface area contributed by atoms with Gasteiger partial charge in [0.15, 0.2) is 13.2 Å². The molecule has 0 fully saturated rings. The van der Waals surface area contributed by atoms with Gasteiger partial charge >= 0.3 is 12.6 Å². The topological polar surface area (TPSA) is 108 Å². The first-order valence-corrected chi connectivity index (χ1v) is 8.74. The third kappa shape index (κ3) is 5.54. The number of thiophene rings is 1. The molecule has 0 saturated heterocycles. The van der Waals surface area contributed by atoms with Gasteiger partial charge in [0.25, 0.3) is 5.91 Å². The Bertz CT molecular complexity index is 931. The third-order valence-corrected chi connectivity index (χ3v) is 3.91. The first-order valence-electron chi connectivity index (χ1n) is 7.80. The van der Waals surface area contributed by atoms with Crippen molar-refractivity contribution >= 4 is 28.9 Å². The van der Waals surface area contributed by atoms with Crippen molar-refractivity contribution in [2.45, 2.75) is 13.2 Å². The van der Waals surface area contributed by atoms with E-state index in [4.69, 9.17) is 4.74 Å². The van der Waals surface area contributed by atoms with Gasteiger partial charge in [0.1, 0.15) is 5.75 Å². The number of carbonyl (C=O) groups excluding carboxylic acids is 2. The van der Waals surface area contributed by atoms with E-state index in [1.165, 1.54) is 35.6 Å². The molecule has 0 bridgehead atoms. The molecular formula is C16H13F2N5O4S. The fraction of sp³-hybridized carbons (Fsp3) is 0.188. The molecular weight excluding hydrogens is 396 g/mol. The predicted octanol–water partition coefficient (Wildman–Crippen LogP) is 2.18. The van der Waals surface area contributed by atoms with Gasteiger partial charge in [0.2, 0.25) is 5.82 Å². The average Bonchev–Trinajstić information content (AvgIpc) is 3.33. The summed E-state index contributed by atoms with van der Waals surface area (Å²) in [6.07, 6.45) is 0. The van der Waals surface area contributed by atoms with Crippen molar-refractivity contribution in [3.63, 3.8) is 0 Å². The van der Waals surface area contributed by atoms with E-state index in [0.717, 1.165) is 10.4 Å². The highest BCUT2D eigenvalue weighted by molar-refractivity contribution is 7.08. The molecule has 0 aliphatic carbocycles. The molecule has 3 aromatic rings. The number of halogens is 2. The average molecular weight is 409 g/mol. The number of esters is 1. The molecule has 0 spiro atoms. The maximum absolute atomic E-state index is 12.1. The summed E-state index contributed by atoms with van der Waals surface area (Å²) in [6, 6.07) is 7.12. The fourth-order valence-corrected chi connectivity index (χ4v) is 2.68. The highest BCUT2D eigenvalue weighted by Crippen LogP contribution is 2.18. The summed E-state index contributed by atoms with van der Waals surface area (Å²) < 4.78 is 33.2. The van der Waals surface area contributed by atoms with Gasteiger partial charge < -0.3 is 14.8 Å². The van der Waals surface area contributed by atoms with E-state index in [2.05, 4.69) is 25.5 Å². The molecule has 0 atom stereocenters. The molecule has 1 N–H and O–H groups in total. The Morgan fingerprint density at radius 3 is 2.68 bits per heavy atom. The molecule has 0 saturated carbocycles. The summed E-state index contributed by atoms with van der Waals surface area (Å²) in [5.41, 5.74) is 1.12. The molecule has 2 heterocycles. The Morgan fingerprint density at radius 1 is 1.21 bits per heavy atom. The number of benzene rings is 1. The molecule has 12 heteroatoms. The van der Waals surface area contributed by atoms with Crippen LogP contribution in [-0.2, 0) is 20.9 Å². The van der Waals surface area contributed by atoms with Crippen LogP contribution in [0.5, 0.6) is 5.75 Å². The van der Waals surface area contributed by atoms with Gasteiger partial charge in [-0.1, -0.05) is 0 Å². The lowest BCUT2D eigenvalue weighted by atomic mass is 10.3. The van der Waals surface area contributed by atoms with Crippen LogP contribution in [0.3, 0.4) is 0 Å². The second-order valence-corrected chi connectivity index (χ2v) is 6.05. The van der Waals surface area contributed by atoms with E-state index in [-0.39, 0.29) is 12.3 Å². The van der Waals surface area contributed by atoms with Crippen LogP contribution in [0, 0.1) is 0 Å². The SMILES string of the molecule is O=C(COC(=O)Cn1nnc(-c2ccsc2)n1)Nc1ccc(OC(F)F)cc1. The van der Waals surface area contributed by atoms with Crippen LogP contribution < -0.4 is 10.1 Å². The highest BCUT2D eigenvalue weighted by atomic mass is 32.1. The van der Waals surface area contributed by atoms with Gasteiger partial charge in [-0.3, -0.25) is 4.79 Å². The number of alkyl halides is 2. The van der Waals surface area contributed by atoms with Crippen molar-refractivity contribution in [2.24, 2.45) is 0 Å². The summed E-state index contributed by atoms with van der Waals surface area (Å²) in [4.78, 5) is 24.7. The van der Waals surface area contributed by atoms with E-state index in [0.29, 0.717) is 11.5 Å². The number of hydrogen-bond acceptors (Lipinski definition) is 8. The molecule has 9 nitrogen and oxygen atoms in total. The van der Waals surface area contributed by atoms with Gasteiger partial charge in [-0.25, -0.2) is 4.79 Å². The number of carbonyl (C=O) groups is 2. The van der Waals surface area contributed by atoms with Crippen LogP contribution in [0.2, 0.25) is 0 Å². The number of ether oxygens (including phenoxy) is 2. The molecule has 0 aliphatic heterocycles. The monoisotopic (exact) mass is 409 g/mol. The highest BCUT2D eigenvalue weighted by Gasteiger charge is 2.12. The molecule has 0 radical (unpaired) electrons. The normalized spacial score (nSPS) is 10.7. The van der Waals surface area contributed by atoms with Gasteiger partial charge in [0.05, 0.1) is 0 Å². The van der Waals surface area contributed by atoms with Crippen molar-refractivity contribution in [3.05, 3.63) is 41.1 Å². The second-order valence-electron chi connectivity index (χ2n) is 5.27. The van der Waals surface area contributed by atoms with Gasteiger partial charge in [0, 0.05) is 16.6 Å². The van der Waals surface area contributed by atoms with Crippen LogP contribution in [0.15, 0.2) is 41.1 Å². The molecule has 0 unspecified atom stereocenters. The minimum absolute atomic E-state index is 0.0402. The smallest absolute Gasteiger partial charge is 0.387 e. The summed E-state index contributed by atoms with van der Waals surface area (Å²) in [7, 11) is 0. The Morgan fingerprint density at radius 2 is 2.00 bits per heavy atom. The second kappa shape index (κ2) is 8.99. The maximum atomic E-state index is 12.1. The van der Waals surface area contributed by atoms with Crippen molar-refractivity contribution in [2.75, 3.05) is 11.9 Å². The van der Waals surface area contributed by atoms with E-state index >= 15 is 0 Å². The van der Waals surface area contributed by atoms with Gasteiger partial charge in [-0.05, 0) is 40.9 Å². The number of nitrogens with zero attached hydrogens (tertiary/aromatic N) is 4. The van der Waals surface area contributed by atoms with Crippen LogP contribution in [0.4, 0.5) is 14.5 Å². The molecule has 3 rings (SSSR count). The quantitative estimate of drug-likeness (QED) is 0.568. The lowest BCUT2D eigenvalue weighted by molar-refractivity contribution is -0.148. The standard InChI is InChI=1S/C16H13F2N5O4S/c17-16(18)27-12-3-1-11(2-4-12)19-13(24)8-26-14(25)7-23-21-15(20-22-23)10-5-6-28-9-10/h1-6,9,16H,7-8H2,(H,19,24). The molecule has 28 heavy (non-hydrogen) atoms.